The molecule has 2 N–H and O–H groups in total. The summed E-state index contributed by atoms with van der Waals surface area (Å²) in [5, 5.41) is 11.4. The molecule has 1 fully saturated rings. The number of nitrogens with one attached hydrogen (secondary N) is 2. The number of aliphatic imine (C=N–C) groups is 1. The van der Waals surface area contributed by atoms with E-state index in [2.05, 4.69) is 51.4 Å². The maximum absolute atomic E-state index is 5.24. The summed E-state index contributed by atoms with van der Waals surface area (Å²) >= 11 is 2.05. The molecule has 2 rings (SSSR count). The molecule has 0 radical (unpaired) electrons. The number of halogens is 1. The highest BCUT2D eigenvalue weighted by Gasteiger charge is 2.15. The average molecular weight is 453 g/mol. The van der Waals surface area contributed by atoms with Crippen LogP contribution in [0.1, 0.15) is 50.7 Å². The van der Waals surface area contributed by atoms with Crippen molar-refractivity contribution in [1.29, 1.82) is 0 Å². The summed E-state index contributed by atoms with van der Waals surface area (Å²) in [6, 6.07) is 0. The Kier molecular flexibility index (Phi) is 9.92. The third-order valence-corrected chi connectivity index (χ3v) is 5.00. The zero-order valence-corrected chi connectivity index (χ0v) is 17.3. The van der Waals surface area contributed by atoms with Gasteiger partial charge in [-0.05, 0) is 25.0 Å². The summed E-state index contributed by atoms with van der Waals surface area (Å²) in [5.41, 5.74) is 0. The molecule has 1 aromatic heterocycles. The lowest BCUT2D eigenvalue weighted by atomic mass is 10.2. The van der Waals surface area contributed by atoms with Gasteiger partial charge in [0.2, 0.25) is 5.89 Å². The number of aryl methyl sites for hydroxylation is 1. The second kappa shape index (κ2) is 11.1. The zero-order valence-electron chi connectivity index (χ0n) is 14.2. The molecule has 0 aliphatic carbocycles. The number of hydrogen-bond donors (Lipinski definition) is 2. The number of hydrogen-bond acceptors (Lipinski definition) is 5. The van der Waals surface area contributed by atoms with E-state index < -0.39 is 0 Å². The monoisotopic (exact) mass is 453 g/mol. The normalized spacial score (nSPS) is 18.1. The number of guanidine groups is 1. The Bertz CT molecular complexity index is 474. The molecule has 8 heteroatoms. The Hall–Kier alpha value is -0.510. The molecule has 1 saturated heterocycles. The quantitative estimate of drug-likeness (QED) is 0.286. The van der Waals surface area contributed by atoms with Gasteiger partial charge < -0.3 is 15.2 Å². The Morgan fingerprint density at radius 3 is 2.87 bits per heavy atom. The van der Waals surface area contributed by atoms with E-state index in [1.807, 2.05) is 7.05 Å². The molecule has 0 amide bonds. The predicted octanol–water partition coefficient (Wildman–Crippen LogP) is 2.80. The maximum atomic E-state index is 5.24. The summed E-state index contributed by atoms with van der Waals surface area (Å²) in [5.74, 6) is 3.99. The fraction of sp³-hybridized carbons (Fsp3) is 0.800. The van der Waals surface area contributed by atoms with Gasteiger partial charge in [0.1, 0.15) is 0 Å². The van der Waals surface area contributed by atoms with Crippen molar-refractivity contribution in [2.24, 2.45) is 4.99 Å². The topological polar surface area (TPSA) is 75.3 Å². The molecule has 2 heterocycles. The first-order valence-electron chi connectivity index (χ1n) is 8.07. The van der Waals surface area contributed by atoms with E-state index in [4.69, 9.17) is 4.52 Å². The maximum Gasteiger partial charge on any atom is 0.226 e. The third-order valence-electron chi connectivity index (χ3n) is 3.60. The number of nitrogens with zero attached hydrogens (tertiary/aromatic N) is 3. The third kappa shape index (κ3) is 7.28. The Labute approximate surface area is 160 Å². The Morgan fingerprint density at radius 1 is 1.43 bits per heavy atom. The van der Waals surface area contributed by atoms with E-state index in [1.54, 1.807) is 0 Å². The molecule has 1 unspecified atom stereocenters. The highest BCUT2D eigenvalue weighted by molar-refractivity contribution is 14.0. The van der Waals surface area contributed by atoms with Crippen LogP contribution < -0.4 is 10.6 Å². The summed E-state index contributed by atoms with van der Waals surface area (Å²) in [7, 11) is 1.81. The van der Waals surface area contributed by atoms with Crippen LogP contribution in [-0.2, 0) is 6.42 Å². The zero-order chi connectivity index (χ0) is 15.8. The van der Waals surface area contributed by atoms with Crippen molar-refractivity contribution in [2.75, 3.05) is 25.9 Å². The fourth-order valence-electron chi connectivity index (χ4n) is 2.29. The van der Waals surface area contributed by atoms with E-state index in [-0.39, 0.29) is 24.0 Å². The SMILES string of the molecule is CN=C(NCCCc1nc(C(C)C)no1)NCC1CCCS1.I. The average Bonchev–Trinajstić information content (AvgIpc) is 3.18. The van der Waals surface area contributed by atoms with Gasteiger partial charge in [-0.25, -0.2) is 0 Å². The van der Waals surface area contributed by atoms with Crippen molar-refractivity contribution in [3.8, 4) is 0 Å². The van der Waals surface area contributed by atoms with Crippen LogP contribution >= 0.6 is 35.7 Å². The van der Waals surface area contributed by atoms with Gasteiger partial charge in [0, 0.05) is 37.7 Å². The van der Waals surface area contributed by atoms with E-state index in [9.17, 15) is 0 Å². The second-order valence-corrected chi connectivity index (χ2v) is 7.23. The second-order valence-electron chi connectivity index (χ2n) is 5.82. The van der Waals surface area contributed by atoms with Crippen molar-refractivity contribution >= 4 is 41.7 Å². The van der Waals surface area contributed by atoms with Crippen LogP contribution in [0, 0.1) is 0 Å². The Balaban J connectivity index is 0.00000264. The molecular formula is C15H28IN5OS. The molecule has 0 saturated carbocycles. The molecule has 0 bridgehead atoms. The van der Waals surface area contributed by atoms with E-state index in [0.717, 1.165) is 48.9 Å². The van der Waals surface area contributed by atoms with Gasteiger partial charge in [-0.1, -0.05) is 19.0 Å². The molecular weight excluding hydrogens is 425 g/mol. The van der Waals surface area contributed by atoms with Crippen molar-refractivity contribution in [3.05, 3.63) is 11.7 Å². The fourth-order valence-corrected chi connectivity index (χ4v) is 3.49. The predicted molar refractivity (Wildman–Crippen MR) is 107 cm³/mol. The first-order valence-corrected chi connectivity index (χ1v) is 9.12. The highest BCUT2D eigenvalue weighted by atomic mass is 127. The minimum Gasteiger partial charge on any atom is -0.356 e. The van der Waals surface area contributed by atoms with Crippen molar-refractivity contribution < 1.29 is 4.52 Å². The molecule has 23 heavy (non-hydrogen) atoms. The van der Waals surface area contributed by atoms with E-state index in [1.165, 1.54) is 18.6 Å². The first kappa shape index (κ1) is 20.5. The first-order chi connectivity index (χ1) is 10.7. The molecule has 1 aromatic rings. The van der Waals surface area contributed by atoms with E-state index >= 15 is 0 Å². The molecule has 0 aromatic carbocycles. The van der Waals surface area contributed by atoms with Gasteiger partial charge in [-0.2, -0.15) is 16.7 Å². The van der Waals surface area contributed by atoms with Crippen LogP contribution in [0.5, 0.6) is 0 Å². The summed E-state index contributed by atoms with van der Waals surface area (Å²) in [6.07, 6.45) is 4.39. The lowest BCUT2D eigenvalue weighted by molar-refractivity contribution is 0.368. The highest BCUT2D eigenvalue weighted by Crippen LogP contribution is 2.25. The molecule has 132 valence electrons. The lowest BCUT2D eigenvalue weighted by Crippen LogP contribution is -2.40. The molecule has 1 aliphatic heterocycles. The molecule has 1 atom stereocenters. The lowest BCUT2D eigenvalue weighted by Gasteiger charge is -2.14. The summed E-state index contributed by atoms with van der Waals surface area (Å²) < 4.78 is 5.24. The van der Waals surface area contributed by atoms with Crippen molar-refractivity contribution in [2.45, 2.75) is 50.7 Å². The number of rotatable bonds is 7. The van der Waals surface area contributed by atoms with Crippen LogP contribution in [0.15, 0.2) is 9.52 Å². The van der Waals surface area contributed by atoms with Crippen LogP contribution in [0.3, 0.4) is 0 Å². The molecule has 0 spiro atoms. The van der Waals surface area contributed by atoms with Gasteiger partial charge in [-0.15, -0.1) is 24.0 Å². The minimum atomic E-state index is 0. The molecule has 6 nitrogen and oxygen atoms in total. The summed E-state index contributed by atoms with van der Waals surface area (Å²) in [6.45, 7) is 5.96. The smallest absolute Gasteiger partial charge is 0.226 e. The number of thioether (sulfide) groups is 1. The summed E-state index contributed by atoms with van der Waals surface area (Å²) in [4.78, 5) is 8.64. The van der Waals surface area contributed by atoms with Crippen LogP contribution in [0.4, 0.5) is 0 Å². The van der Waals surface area contributed by atoms with Gasteiger partial charge in [-0.3, -0.25) is 4.99 Å². The standard InChI is InChI=1S/C15H27N5OS.HI/c1-11(2)14-19-13(21-20-14)7-4-8-17-15(16-3)18-10-12-6-5-9-22-12;/h11-12H,4-10H2,1-3H3,(H2,16,17,18);1H. The van der Waals surface area contributed by atoms with Crippen LogP contribution in [0.2, 0.25) is 0 Å². The van der Waals surface area contributed by atoms with Gasteiger partial charge in [0.25, 0.3) is 0 Å². The molecule has 1 aliphatic rings. The number of aromatic nitrogens is 2. The van der Waals surface area contributed by atoms with Crippen molar-refractivity contribution in [3.63, 3.8) is 0 Å². The van der Waals surface area contributed by atoms with Crippen molar-refractivity contribution in [1.82, 2.24) is 20.8 Å². The van der Waals surface area contributed by atoms with Gasteiger partial charge >= 0.3 is 0 Å². The van der Waals surface area contributed by atoms with Crippen LogP contribution in [-0.4, -0.2) is 47.2 Å². The van der Waals surface area contributed by atoms with Gasteiger partial charge in [0.15, 0.2) is 11.8 Å². The Morgan fingerprint density at radius 2 is 2.26 bits per heavy atom. The van der Waals surface area contributed by atoms with Crippen LogP contribution in [0.25, 0.3) is 0 Å². The van der Waals surface area contributed by atoms with Gasteiger partial charge in [0.05, 0.1) is 0 Å². The largest absolute Gasteiger partial charge is 0.356 e. The minimum absolute atomic E-state index is 0. The van der Waals surface area contributed by atoms with E-state index in [0.29, 0.717) is 5.92 Å².